The number of halogens is 3. The van der Waals surface area contributed by atoms with Crippen molar-refractivity contribution in [1.29, 1.82) is 0 Å². The van der Waals surface area contributed by atoms with E-state index < -0.39 is 23.1 Å². The fourth-order valence-electron chi connectivity index (χ4n) is 3.23. The first-order valence-corrected chi connectivity index (χ1v) is 9.23. The van der Waals surface area contributed by atoms with Gasteiger partial charge in [0.15, 0.2) is 0 Å². The standard InChI is InChI=1S/C21H20F3N3O2/c1-2-12-27-13-16(20(29)26-11-8-14-6-9-25-10-7-14)19(28)15-4-3-5-17(18(15)27)21(22,23)24/h3-7,9-10,13H,2,8,11-12H2,1H3,(H,26,29). The van der Waals surface area contributed by atoms with Gasteiger partial charge < -0.3 is 9.88 Å². The van der Waals surface area contributed by atoms with Crippen molar-refractivity contribution < 1.29 is 18.0 Å². The van der Waals surface area contributed by atoms with E-state index in [2.05, 4.69) is 10.3 Å². The predicted octanol–water partition coefficient (Wildman–Crippen LogP) is 3.80. The summed E-state index contributed by atoms with van der Waals surface area (Å²) in [6, 6.07) is 7.09. The van der Waals surface area contributed by atoms with Crippen LogP contribution in [0.3, 0.4) is 0 Å². The Hall–Kier alpha value is -3.16. The summed E-state index contributed by atoms with van der Waals surface area (Å²) in [5, 5.41) is 2.56. The maximum atomic E-state index is 13.5. The Labute approximate surface area is 165 Å². The molecule has 3 aromatic rings. The molecule has 0 saturated carbocycles. The van der Waals surface area contributed by atoms with E-state index in [4.69, 9.17) is 0 Å². The average molecular weight is 403 g/mol. The summed E-state index contributed by atoms with van der Waals surface area (Å²) in [5.74, 6) is -0.603. The van der Waals surface area contributed by atoms with Gasteiger partial charge in [-0.25, -0.2) is 0 Å². The predicted molar refractivity (Wildman–Crippen MR) is 104 cm³/mol. The third-order valence-corrected chi connectivity index (χ3v) is 4.56. The number of alkyl halides is 3. The minimum absolute atomic E-state index is 0.116. The lowest BCUT2D eigenvalue weighted by Gasteiger charge is -2.17. The molecule has 29 heavy (non-hydrogen) atoms. The molecule has 152 valence electrons. The number of hydrogen-bond acceptors (Lipinski definition) is 3. The number of nitrogens with one attached hydrogen (secondary N) is 1. The molecule has 3 rings (SSSR count). The maximum Gasteiger partial charge on any atom is 0.418 e. The fraction of sp³-hybridized carbons (Fsp3) is 0.286. The number of benzene rings is 1. The number of aromatic nitrogens is 2. The van der Waals surface area contributed by atoms with Crippen molar-refractivity contribution in [2.75, 3.05) is 6.54 Å². The largest absolute Gasteiger partial charge is 0.418 e. The molecule has 0 radical (unpaired) electrons. The molecule has 1 amide bonds. The second-order valence-electron chi connectivity index (χ2n) is 6.63. The number of amides is 1. The van der Waals surface area contributed by atoms with Crippen molar-refractivity contribution >= 4 is 16.8 Å². The van der Waals surface area contributed by atoms with Gasteiger partial charge >= 0.3 is 6.18 Å². The molecule has 5 nitrogen and oxygen atoms in total. The fourth-order valence-corrected chi connectivity index (χ4v) is 3.23. The summed E-state index contributed by atoms with van der Waals surface area (Å²) >= 11 is 0. The highest BCUT2D eigenvalue weighted by molar-refractivity contribution is 5.97. The van der Waals surface area contributed by atoms with E-state index >= 15 is 0 Å². The Morgan fingerprint density at radius 3 is 2.55 bits per heavy atom. The zero-order valence-electron chi connectivity index (χ0n) is 15.8. The van der Waals surface area contributed by atoms with E-state index in [1.165, 1.54) is 22.9 Å². The molecular weight excluding hydrogens is 383 g/mol. The van der Waals surface area contributed by atoms with Crippen molar-refractivity contribution in [3.05, 3.63) is 75.8 Å². The van der Waals surface area contributed by atoms with Gasteiger partial charge in [0.2, 0.25) is 5.43 Å². The van der Waals surface area contributed by atoms with Gasteiger partial charge in [-0.3, -0.25) is 14.6 Å². The van der Waals surface area contributed by atoms with Crippen LogP contribution in [-0.4, -0.2) is 22.0 Å². The number of pyridine rings is 2. The molecule has 0 bridgehead atoms. The van der Waals surface area contributed by atoms with E-state index in [9.17, 15) is 22.8 Å². The van der Waals surface area contributed by atoms with Gasteiger partial charge in [0.1, 0.15) is 5.56 Å². The number of aryl methyl sites for hydroxylation is 1. The van der Waals surface area contributed by atoms with E-state index in [1.807, 2.05) is 19.1 Å². The Morgan fingerprint density at radius 2 is 1.90 bits per heavy atom. The normalized spacial score (nSPS) is 11.6. The van der Waals surface area contributed by atoms with Crippen molar-refractivity contribution in [3.8, 4) is 0 Å². The SMILES string of the molecule is CCCn1cc(C(=O)NCCc2ccncc2)c(=O)c2cccc(C(F)(F)F)c21. The van der Waals surface area contributed by atoms with Crippen molar-refractivity contribution in [1.82, 2.24) is 14.9 Å². The summed E-state index contributed by atoms with van der Waals surface area (Å²) < 4.78 is 41.7. The van der Waals surface area contributed by atoms with Gasteiger partial charge in [0.25, 0.3) is 5.91 Å². The van der Waals surface area contributed by atoms with Gasteiger partial charge in [0.05, 0.1) is 11.1 Å². The van der Waals surface area contributed by atoms with Crippen molar-refractivity contribution in [2.24, 2.45) is 0 Å². The number of rotatable bonds is 6. The molecular formula is C21H20F3N3O2. The molecule has 0 fully saturated rings. The Balaban J connectivity index is 1.97. The van der Waals surface area contributed by atoms with Gasteiger partial charge in [0, 0.05) is 37.1 Å². The van der Waals surface area contributed by atoms with E-state index in [1.54, 1.807) is 12.4 Å². The lowest BCUT2D eigenvalue weighted by molar-refractivity contribution is -0.136. The summed E-state index contributed by atoms with van der Waals surface area (Å²) in [6.07, 6.45) is 1.00. The second-order valence-corrected chi connectivity index (χ2v) is 6.63. The molecule has 2 heterocycles. The minimum atomic E-state index is -4.60. The zero-order chi connectivity index (χ0) is 21.0. The number of nitrogens with zero attached hydrogens (tertiary/aromatic N) is 2. The van der Waals surface area contributed by atoms with Crippen LogP contribution in [0.4, 0.5) is 13.2 Å². The number of hydrogen-bond donors (Lipinski definition) is 1. The Kier molecular flexibility index (Phi) is 6.00. The number of carbonyl (C=O) groups is 1. The van der Waals surface area contributed by atoms with Crippen LogP contribution in [-0.2, 0) is 19.1 Å². The van der Waals surface area contributed by atoms with Crippen molar-refractivity contribution in [3.63, 3.8) is 0 Å². The molecule has 0 unspecified atom stereocenters. The summed E-state index contributed by atoms with van der Waals surface area (Å²) in [6.45, 7) is 2.35. The average Bonchev–Trinajstić information content (AvgIpc) is 2.69. The molecule has 0 spiro atoms. The smallest absolute Gasteiger partial charge is 0.352 e. The maximum absolute atomic E-state index is 13.5. The van der Waals surface area contributed by atoms with Crippen LogP contribution in [0.25, 0.3) is 10.9 Å². The number of fused-ring (bicyclic) bond motifs is 1. The third kappa shape index (κ3) is 4.47. The first-order valence-electron chi connectivity index (χ1n) is 9.23. The highest BCUT2D eigenvalue weighted by Gasteiger charge is 2.34. The molecule has 0 aliphatic carbocycles. The van der Waals surface area contributed by atoms with Gasteiger partial charge in [-0.15, -0.1) is 0 Å². The molecule has 2 aromatic heterocycles. The monoisotopic (exact) mass is 403 g/mol. The van der Waals surface area contributed by atoms with Crippen LogP contribution in [0.5, 0.6) is 0 Å². The molecule has 0 atom stereocenters. The number of carbonyl (C=O) groups excluding carboxylic acids is 1. The second kappa shape index (κ2) is 8.46. The minimum Gasteiger partial charge on any atom is -0.352 e. The highest BCUT2D eigenvalue weighted by atomic mass is 19.4. The van der Waals surface area contributed by atoms with Gasteiger partial charge in [-0.05, 0) is 42.7 Å². The molecule has 0 aliphatic rings. The van der Waals surface area contributed by atoms with Crippen LogP contribution in [0.15, 0.2) is 53.7 Å². The van der Waals surface area contributed by atoms with E-state index in [0.717, 1.165) is 11.6 Å². The lowest BCUT2D eigenvalue weighted by atomic mass is 10.1. The molecule has 1 N–H and O–H groups in total. The van der Waals surface area contributed by atoms with E-state index in [0.29, 0.717) is 12.8 Å². The van der Waals surface area contributed by atoms with Crippen LogP contribution in [0, 0.1) is 0 Å². The first-order chi connectivity index (χ1) is 13.8. The Morgan fingerprint density at radius 1 is 1.17 bits per heavy atom. The van der Waals surface area contributed by atoms with Gasteiger partial charge in [-0.2, -0.15) is 13.2 Å². The molecule has 8 heteroatoms. The summed E-state index contributed by atoms with van der Waals surface area (Å²) in [7, 11) is 0. The van der Waals surface area contributed by atoms with Crippen LogP contribution in [0.1, 0.15) is 34.8 Å². The molecule has 0 aliphatic heterocycles. The number of para-hydroxylation sites is 1. The third-order valence-electron chi connectivity index (χ3n) is 4.56. The van der Waals surface area contributed by atoms with Crippen LogP contribution < -0.4 is 10.7 Å². The van der Waals surface area contributed by atoms with Crippen LogP contribution in [0.2, 0.25) is 0 Å². The molecule has 0 saturated heterocycles. The summed E-state index contributed by atoms with van der Waals surface area (Å²) in [5.41, 5.74) is -0.984. The van der Waals surface area contributed by atoms with Crippen molar-refractivity contribution in [2.45, 2.75) is 32.5 Å². The summed E-state index contributed by atoms with van der Waals surface area (Å²) in [4.78, 5) is 29.3. The Bertz CT molecular complexity index is 1080. The topological polar surface area (TPSA) is 64.0 Å². The molecule has 1 aromatic carbocycles. The highest BCUT2D eigenvalue weighted by Crippen LogP contribution is 2.34. The quantitative estimate of drug-likeness (QED) is 0.681. The first kappa shape index (κ1) is 20.6. The van der Waals surface area contributed by atoms with E-state index in [-0.39, 0.29) is 29.6 Å². The van der Waals surface area contributed by atoms with Crippen LogP contribution >= 0.6 is 0 Å². The lowest BCUT2D eigenvalue weighted by Crippen LogP contribution is -2.31. The van der Waals surface area contributed by atoms with Gasteiger partial charge in [-0.1, -0.05) is 13.0 Å². The zero-order valence-corrected chi connectivity index (χ0v) is 15.8.